The maximum Gasteiger partial charge on any atom is 0.326 e. The van der Waals surface area contributed by atoms with E-state index in [0.717, 1.165) is 32.1 Å². The zero-order valence-electron chi connectivity index (χ0n) is 14.1. The van der Waals surface area contributed by atoms with Gasteiger partial charge in [0.2, 0.25) is 0 Å². The number of fused-ring (bicyclic) bond motifs is 1. The number of carboxylic acids is 1. The van der Waals surface area contributed by atoms with Crippen molar-refractivity contribution >= 4 is 11.9 Å². The molecule has 23 heavy (non-hydrogen) atoms. The minimum atomic E-state index is -0.847. The fraction of sp³-hybridized carbons (Fsp3) is 0.889. The van der Waals surface area contributed by atoms with E-state index in [1.165, 1.54) is 19.3 Å². The second-order valence-corrected chi connectivity index (χ2v) is 7.42. The molecule has 0 bridgehead atoms. The molecule has 1 N–H and O–H groups in total. The van der Waals surface area contributed by atoms with Gasteiger partial charge in [-0.3, -0.25) is 4.79 Å². The number of hydrogen-bond acceptors (Lipinski definition) is 3. The van der Waals surface area contributed by atoms with E-state index >= 15 is 0 Å². The highest BCUT2D eigenvalue weighted by atomic mass is 16.5. The summed E-state index contributed by atoms with van der Waals surface area (Å²) in [6.45, 7) is 2.56. The Labute approximate surface area is 138 Å². The molecule has 2 aliphatic carbocycles. The Morgan fingerprint density at radius 2 is 1.87 bits per heavy atom. The third-order valence-electron chi connectivity index (χ3n) is 5.98. The highest BCUT2D eigenvalue weighted by Gasteiger charge is 2.50. The molecule has 4 atom stereocenters. The van der Waals surface area contributed by atoms with Crippen molar-refractivity contribution in [3.05, 3.63) is 0 Å². The van der Waals surface area contributed by atoms with Crippen LogP contribution in [-0.2, 0) is 14.3 Å². The Hall–Kier alpha value is -1.10. The molecule has 130 valence electrons. The van der Waals surface area contributed by atoms with Crippen molar-refractivity contribution < 1.29 is 19.4 Å². The zero-order valence-corrected chi connectivity index (χ0v) is 14.1. The number of nitrogens with zero attached hydrogens (tertiary/aromatic N) is 1. The first-order valence-electron chi connectivity index (χ1n) is 9.30. The van der Waals surface area contributed by atoms with Gasteiger partial charge in [-0.25, -0.2) is 4.79 Å². The molecule has 5 heteroatoms. The van der Waals surface area contributed by atoms with Gasteiger partial charge in [0.25, 0.3) is 5.91 Å². The summed E-state index contributed by atoms with van der Waals surface area (Å²) in [6, 6.07) is -0.640. The Bertz CT molecular complexity index is 446. The predicted molar refractivity (Wildman–Crippen MR) is 86.0 cm³/mol. The van der Waals surface area contributed by atoms with E-state index in [2.05, 4.69) is 0 Å². The van der Waals surface area contributed by atoms with E-state index in [1.54, 1.807) is 4.90 Å². The highest BCUT2D eigenvalue weighted by Crippen LogP contribution is 2.42. The van der Waals surface area contributed by atoms with E-state index in [1.807, 2.05) is 6.92 Å². The summed E-state index contributed by atoms with van der Waals surface area (Å²) in [4.78, 5) is 26.3. The summed E-state index contributed by atoms with van der Waals surface area (Å²) in [5.41, 5.74) is 0. The lowest BCUT2D eigenvalue weighted by Gasteiger charge is -2.31. The van der Waals surface area contributed by atoms with E-state index < -0.39 is 18.1 Å². The molecule has 2 saturated carbocycles. The van der Waals surface area contributed by atoms with Crippen molar-refractivity contribution in [1.29, 1.82) is 0 Å². The number of rotatable bonds is 5. The second-order valence-electron chi connectivity index (χ2n) is 7.42. The van der Waals surface area contributed by atoms with Crippen molar-refractivity contribution in [3.63, 3.8) is 0 Å². The lowest BCUT2D eigenvalue weighted by Crippen LogP contribution is -2.48. The molecule has 5 nitrogen and oxygen atoms in total. The SMILES string of the molecule is CCC(OC1CCCCC1)C(=O)N1CC2CCCC2C1C(=O)O. The monoisotopic (exact) mass is 323 g/mol. The van der Waals surface area contributed by atoms with Crippen LogP contribution in [0.1, 0.15) is 64.7 Å². The van der Waals surface area contributed by atoms with Crippen molar-refractivity contribution in [3.8, 4) is 0 Å². The largest absolute Gasteiger partial charge is 0.480 e. The molecule has 1 aliphatic heterocycles. The maximum atomic E-state index is 12.9. The lowest BCUT2D eigenvalue weighted by molar-refractivity contribution is -0.158. The number of likely N-dealkylation sites (tertiary alicyclic amines) is 1. The van der Waals surface area contributed by atoms with E-state index in [-0.39, 0.29) is 17.9 Å². The molecule has 3 aliphatic rings. The molecule has 4 unspecified atom stereocenters. The average Bonchev–Trinajstić information content (AvgIpc) is 3.13. The average molecular weight is 323 g/mol. The van der Waals surface area contributed by atoms with Gasteiger partial charge in [0, 0.05) is 6.54 Å². The van der Waals surface area contributed by atoms with Crippen LogP contribution in [0.15, 0.2) is 0 Å². The molecule has 0 aromatic carbocycles. The second kappa shape index (κ2) is 7.20. The van der Waals surface area contributed by atoms with Gasteiger partial charge in [-0.1, -0.05) is 32.6 Å². The fourth-order valence-electron chi connectivity index (χ4n) is 4.80. The van der Waals surface area contributed by atoms with Gasteiger partial charge in [0.15, 0.2) is 0 Å². The number of carbonyl (C=O) groups excluding carboxylic acids is 1. The Morgan fingerprint density at radius 1 is 1.13 bits per heavy atom. The van der Waals surface area contributed by atoms with Crippen LogP contribution in [0.5, 0.6) is 0 Å². The molecule has 0 radical (unpaired) electrons. The number of carbonyl (C=O) groups is 2. The number of amides is 1. The maximum absolute atomic E-state index is 12.9. The Morgan fingerprint density at radius 3 is 2.52 bits per heavy atom. The Kier molecular flexibility index (Phi) is 5.24. The van der Waals surface area contributed by atoms with Crippen molar-refractivity contribution in [2.24, 2.45) is 11.8 Å². The number of hydrogen-bond donors (Lipinski definition) is 1. The molecule has 0 spiro atoms. The van der Waals surface area contributed by atoms with Crippen LogP contribution in [0.25, 0.3) is 0 Å². The van der Waals surface area contributed by atoms with Crippen LogP contribution >= 0.6 is 0 Å². The molecular formula is C18H29NO4. The highest BCUT2D eigenvalue weighted by molar-refractivity contribution is 5.87. The van der Waals surface area contributed by atoms with Crippen LogP contribution in [-0.4, -0.2) is 46.7 Å². The fourth-order valence-corrected chi connectivity index (χ4v) is 4.80. The van der Waals surface area contributed by atoms with E-state index in [4.69, 9.17) is 4.74 Å². The first-order chi connectivity index (χ1) is 11.1. The summed E-state index contributed by atoms with van der Waals surface area (Å²) >= 11 is 0. The standard InChI is InChI=1S/C18H29NO4/c1-2-15(23-13-8-4-3-5-9-13)17(20)19-11-12-7-6-10-14(12)16(19)18(21)22/h12-16H,2-11H2,1H3,(H,21,22). The lowest BCUT2D eigenvalue weighted by atomic mass is 9.94. The topological polar surface area (TPSA) is 66.8 Å². The molecule has 0 aromatic rings. The summed E-state index contributed by atoms with van der Waals surface area (Å²) in [7, 11) is 0. The molecule has 1 heterocycles. The minimum absolute atomic E-state index is 0.0973. The van der Waals surface area contributed by atoms with Gasteiger partial charge in [-0.15, -0.1) is 0 Å². The van der Waals surface area contributed by atoms with Gasteiger partial charge in [0.1, 0.15) is 12.1 Å². The van der Waals surface area contributed by atoms with Crippen LogP contribution in [0.2, 0.25) is 0 Å². The summed E-state index contributed by atoms with van der Waals surface area (Å²) in [5.74, 6) is -0.434. The predicted octanol–water partition coefficient (Wildman–Crippen LogP) is 2.83. The molecular weight excluding hydrogens is 294 g/mol. The molecule has 1 amide bonds. The van der Waals surface area contributed by atoms with Gasteiger partial charge < -0.3 is 14.7 Å². The van der Waals surface area contributed by atoms with Gasteiger partial charge in [-0.2, -0.15) is 0 Å². The smallest absolute Gasteiger partial charge is 0.326 e. The third kappa shape index (κ3) is 3.39. The van der Waals surface area contributed by atoms with Crippen molar-refractivity contribution in [2.75, 3.05) is 6.54 Å². The molecule has 0 aromatic heterocycles. The van der Waals surface area contributed by atoms with Crippen molar-refractivity contribution in [1.82, 2.24) is 4.90 Å². The van der Waals surface area contributed by atoms with Crippen LogP contribution in [0.4, 0.5) is 0 Å². The van der Waals surface area contributed by atoms with E-state index in [0.29, 0.717) is 18.9 Å². The summed E-state index contributed by atoms with van der Waals surface area (Å²) in [6.07, 6.45) is 9.04. The summed E-state index contributed by atoms with van der Waals surface area (Å²) in [5, 5.41) is 9.62. The first-order valence-corrected chi connectivity index (χ1v) is 9.30. The van der Waals surface area contributed by atoms with Gasteiger partial charge in [-0.05, 0) is 43.9 Å². The van der Waals surface area contributed by atoms with E-state index in [9.17, 15) is 14.7 Å². The van der Waals surface area contributed by atoms with Crippen molar-refractivity contribution in [2.45, 2.75) is 83.0 Å². The van der Waals surface area contributed by atoms with Crippen LogP contribution in [0.3, 0.4) is 0 Å². The zero-order chi connectivity index (χ0) is 16.4. The van der Waals surface area contributed by atoms with Crippen LogP contribution in [0, 0.1) is 11.8 Å². The van der Waals surface area contributed by atoms with Gasteiger partial charge in [0.05, 0.1) is 6.10 Å². The number of carboxylic acid groups (broad SMARTS) is 1. The quantitative estimate of drug-likeness (QED) is 0.845. The first kappa shape index (κ1) is 16.7. The number of ether oxygens (including phenoxy) is 1. The summed E-state index contributed by atoms with van der Waals surface area (Å²) < 4.78 is 6.08. The molecule has 3 rings (SSSR count). The normalized spacial score (nSPS) is 32.7. The molecule has 1 saturated heterocycles. The number of aliphatic carboxylic acids is 1. The van der Waals surface area contributed by atoms with Crippen LogP contribution < -0.4 is 0 Å². The molecule has 3 fully saturated rings. The third-order valence-corrected chi connectivity index (χ3v) is 5.98. The van der Waals surface area contributed by atoms with Gasteiger partial charge >= 0.3 is 5.97 Å². The Balaban J connectivity index is 1.68. The minimum Gasteiger partial charge on any atom is -0.480 e.